The maximum atomic E-state index is 12.6. The van der Waals surface area contributed by atoms with Gasteiger partial charge in [0.15, 0.2) is 22.2 Å². The monoisotopic (exact) mass is 411 g/mol. The molecule has 4 aromatic rings. The number of carbonyl (C=O) groups excluding carboxylic acids is 2. The second-order valence-electron chi connectivity index (χ2n) is 6.60. The largest absolute Gasteiger partial charge is 0.354 e. The molecule has 11 heteroatoms. The summed E-state index contributed by atoms with van der Waals surface area (Å²) in [6.45, 7) is 1.22. The van der Waals surface area contributed by atoms with Crippen LogP contribution in [0.1, 0.15) is 17.3 Å². The van der Waals surface area contributed by atoms with Gasteiger partial charge < -0.3 is 10.2 Å². The Labute approximate surface area is 168 Å². The van der Waals surface area contributed by atoms with Gasteiger partial charge in [-0.25, -0.2) is 18.9 Å². The average molecular weight is 411 g/mol. The Morgan fingerprint density at radius 2 is 1.93 bits per heavy atom. The number of rotatable bonds is 5. The van der Waals surface area contributed by atoms with Gasteiger partial charge >= 0.3 is 5.69 Å². The molecule has 10 nitrogen and oxygen atoms in total. The summed E-state index contributed by atoms with van der Waals surface area (Å²) >= 11 is 1.37. The molecule has 0 fully saturated rings. The van der Waals surface area contributed by atoms with Gasteiger partial charge in [0.2, 0.25) is 5.91 Å². The van der Waals surface area contributed by atoms with E-state index >= 15 is 0 Å². The molecule has 3 aromatic heterocycles. The minimum absolute atomic E-state index is 0.0560. The zero-order chi connectivity index (χ0) is 20.7. The lowest BCUT2D eigenvalue weighted by atomic mass is 10.1. The van der Waals surface area contributed by atoms with Gasteiger partial charge in [-0.15, -0.1) is 5.10 Å². The highest BCUT2D eigenvalue weighted by Crippen LogP contribution is 2.28. The van der Waals surface area contributed by atoms with Crippen LogP contribution in [0.2, 0.25) is 0 Å². The summed E-state index contributed by atoms with van der Waals surface area (Å²) in [5.41, 5.74) is 1.52. The van der Waals surface area contributed by atoms with Gasteiger partial charge in [0.25, 0.3) is 0 Å². The highest BCUT2D eigenvalue weighted by molar-refractivity contribution is 7.22. The average Bonchev–Trinajstić information content (AvgIpc) is 3.24. The molecule has 0 unspecified atom stereocenters. The van der Waals surface area contributed by atoms with E-state index in [9.17, 15) is 14.4 Å². The predicted molar refractivity (Wildman–Crippen MR) is 110 cm³/mol. The lowest BCUT2D eigenvalue weighted by Gasteiger charge is -2.05. The molecule has 1 amide bonds. The molecule has 0 aliphatic rings. The number of nitrogens with one attached hydrogen (secondary N) is 1. The standard InChI is InChI=1S/C18H17N7O3S/c1-10(26)11-4-6-12(7-5-11)20-13(27)8-25-18(28)24-9-19-15-14(16(24)22-25)29-17(21-15)23(2)3/h4-7,9H,8H2,1-3H3,(H,20,27). The normalized spacial score (nSPS) is 11.1. The Bertz CT molecular complexity index is 1300. The van der Waals surface area contributed by atoms with E-state index in [1.807, 2.05) is 19.0 Å². The fourth-order valence-corrected chi connectivity index (χ4v) is 3.66. The Morgan fingerprint density at radius 1 is 1.21 bits per heavy atom. The number of amides is 1. The van der Waals surface area contributed by atoms with E-state index in [4.69, 9.17) is 0 Å². The topological polar surface area (TPSA) is 114 Å². The molecule has 0 saturated heterocycles. The van der Waals surface area contributed by atoms with Crippen LogP contribution in [-0.2, 0) is 11.3 Å². The van der Waals surface area contributed by atoms with Crippen molar-refractivity contribution in [1.82, 2.24) is 24.1 Å². The molecule has 3 heterocycles. The fraction of sp³-hybridized carbons (Fsp3) is 0.222. The SMILES string of the molecule is CC(=O)c1ccc(NC(=O)Cn2nc3c4sc(N(C)C)nc4ncn3c2=O)cc1. The number of nitrogens with zero attached hydrogens (tertiary/aromatic N) is 6. The van der Waals surface area contributed by atoms with E-state index in [0.29, 0.717) is 27.2 Å². The molecule has 1 aromatic carbocycles. The van der Waals surface area contributed by atoms with Gasteiger partial charge in [-0.1, -0.05) is 11.3 Å². The van der Waals surface area contributed by atoms with E-state index in [1.165, 1.54) is 29.0 Å². The summed E-state index contributed by atoms with van der Waals surface area (Å²) in [4.78, 5) is 46.8. The van der Waals surface area contributed by atoms with Crippen molar-refractivity contribution in [1.29, 1.82) is 0 Å². The molecular weight excluding hydrogens is 394 g/mol. The van der Waals surface area contributed by atoms with Crippen molar-refractivity contribution in [3.63, 3.8) is 0 Å². The van der Waals surface area contributed by atoms with E-state index in [-0.39, 0.29) is 12.3 Å². The first-order valence-corrected chi connectivity index (χ1v) is 9.48. The third-order valence-electron chi connectivity index (χ3n) is 4.22. The van der Waals surface area contributed by atoms with E-state index in [2.05, 4.69) is 20.4 Å². The zero-order valence-corrected chi connectivity index (χ0v) is 16.7. The maximum Gasteiger partial charge on any atom is 0.352 e. The van der Waals surface area contributed by atoms with Gasteiger partial charge in [-0.3, -0.25) is 9.59 Å². The third kappa shape index (κ3) is 3.47. The minimum atomic E-state index is -0.462. The van der Waals surface area contributed by atoms with Crippen molar-refractivity contribution in [2.24, 2.45) is 0 Å². The van der Waals surface area contributed by atoms with Gasteiger partial charge in [0.1, 0.15) is 17.6 Å². The van der Waals surface area contributed by atoms with Gasteiger partial charge in [-0.05, 0) is 31.2 Å². The molecule has 0 aliphatic carbocycles. The van der Waals surface area contributed by atoms with Crippen molar-refractivity contribution >= 4 is 49.8 Å². The second-order valence-corrected chi connectivity index (χ2v) is 7.58. The second kappa shape index (κ2) is 7.09. The number of benzene rings is 1. The fourth-order valence-electron chi connectivity index (χ4n) is 2.74. The Balaban J connectivity index is 1.61. The van der Waals surface area contributed by atoms with E-state index in [1.54, 1.807) is 24.3 Å². The third-order valence-corrected chi connectivity index (χ3v) is 5.43. The van der Waals surface area contributed by atoms with Crippen molar-refractivity contribution in [2.75, 3.05) is 24.3 Å². The van der Waals surface area contributed by atoms with Gasteiger partial charge in [0, 0.05) is 25.3 Å². The highest BCUT2D eigenvalue weighted by atomic mass is 32.1. The smallest absolute Gasteiger partial charge is 0.352 e. The number of hydrogen-bond acceptors (Lipinski definition) is 8. The first-order valence-electron chi connectivity index (χ1n) is 8.66. The summed E-state index contributed by atoms with van der Waals surface area (Å²) in [5, 5.41) is 7.74. The van der Waals surface area contributed by atoms with Crippen LogP contribution >= 0.6 is 11.3 Å². The van der Waals surface area contributed by atoms with Crippen LogP contribution in [0.4, 0.5) is 10.8 Å². The van der Waals surface area contributed by atoms with Crippen LogP contribution < -0.4 is 15.9 Å². The molecule has 0 spiro atoms. The summed E-state index contributed by atoms with van der Waals surface area (Å²) < 4.78 is 3.06. The maximum absolute atomic E-state index is 12.6. The van der Waals surface area contributed by atoms with E-state index < -0.39 is 11.6 Å². The predicted octanol–water partition coefficient (Wildman–Crippen LogP) is 1.41. The molecule has 0 atom stereocenters. The van der Waals surface area contributed by atoms with Crippen LogP contribution in [0, 0.1) is 0 Å². The lowest BCUT2D eigenvalue weighted by Crippen LogP contribution is -2.28. The quantitative estimate of drug-likeness (QED) is 0.494. The number of carbonyl (C=O) groups is 2. The molecule has 0 saturated carbocycles. The minimum Gasteiger partial charge on any atom is -0.354 e. The number of hydrogen-bond donors (Lipinski definition) is 1. The molecule has 1 N–H and O–H groups in total. The molecule has 4 rings (SSSR count). The van der Waals surface area contributed by atoms with Gasteiger partial charge in [-0.2, -0.15) is 4.98 Å². The van der Waals surface area contributed by atoms with Crippen LogP contribution in [0.15, 0.2) is 35.4 Å². The van der Waals surface area contributed by atoms with E-state index in [0.717, 1.165) is 9.81 Å². The van der Waals surface area contributed by atoms with Crippen LogP contribution in [0.5, 0.6) is 0 Å². The van der Waals surface area contributed by atoms with Crippen LogP contribution in [0.25, 0.3) is 16.0 Å². The molecule has 29 heavy (non-hydrogen) atoms. The van der Waals surface area contributed by atoms with Crippen molar-refractivity contribution in [3.05, 3.63) is 46.6 Å². The summed E-state index contributed by atoms with van der Waals surface area (Å²) in [6, 6.07) is 6.52. The number of anilines is 2. The number of aromatic nitrogens is 5. The Kier molecular flexibility index (Phi) is 4.59. The Hall–Kier alpha value is -3.60. The van der Waals surface area contributed by atoms with Crippen LogP contribution in [-0.4, -0.2) is 49.9 Å². The number of Topliss-reactive ketones (excluding diaryl/α,β-unsaturated/α-hetero) is 1. The summed E-state index contributed by atoms with van der Waals surface area (Å²) in [6.07, 6.45) is 1.36. The highest BCUT2D eigenvalue weighted by Gasteiger charge is 2.17. The van der Waals surface area contributed by atoms with Gasteiger partial charge in [0.05, 0.1) is 0 Å². The molecule has 0 aliphatic heterocycles. The van der Waals surface area contributed by atoms with Crippen LogP contribution in [0.3, 0.4) is 0 Å². The zero-order valence-electron chi connectivity index (χ0n) is 15.9. The molecular formula is C18H17N7O3S. The molecule has 0 bridgehead atoms. The number of fused-ring (bicyclic) bond motifs is 3. The molecule has 0 radical (unpaired) electrons. The Morgan fingerprint density at radius 3 is 2.59 bits per heavy atom. The summed E-state index contributed by atoms with van der Waals surface area (Å²) in [5.74, 6) is -0.465. The number of thiazole rings is 1. The first kappa shape index (κ1) is 18.7. The van der Waals surface area contributed by atoms with Crippen molar-refractivity contribution < 1.29 is 9.59 Å². The number of ketones is 1. The lowest BCUT2D eigenvalue weighted by molar-refractivity contribution is -0.117. The first-order chi connectivity index (χ1) is 13.8. The molecule has 148 valence electrons. The van der Waals surface area contributed by atoms with Crippen molar-refractivity contribution in [3.8, 4) is 0 Å². The van der Waals surface area contributed by atoms with Crippen molar-refractivity contribution in [2.45, 2.75) is 13.5 Å². The summed E-state index contributed by atoms with van der Waals surface area (Å²) in [7, 11) is 3.74.